The van der Waals surface area contributed by atoms with Crippen LogP contribution in [-0.2, 0) is 6.54 Å². The van der Waals surface area contributed by atoms with Crippen LogP contribution < -0.4 is 10.1 Å². The molecule has 3 heteroatoms. The Morgan fingerprint density at radius 2 is 2.24 bits per heavy atom. The molecule has 0 amide bonds. The normalized spacial score (nSPS) is 10.8. The van der Waals surface area contributed by atoms with Crippen molar-refractivity contribution < 1.29 is 4.74 Å². The maximum atomic E-state index is 5.76. The molecule has 17 heavy (non-hydrogen) atoms. The van der Waals surface area contributed by atoms with Gasteiger partial charge in [0, 0.05) is 24.5 Å². The van der Waals surface area contributed by atoms with Gasteiger partial charge in [0.15, 0.2) is 0 Å². The highest BCUT2D eigenvalue weighted by Crippen LogP contribution is 2.16. The number of nitrogens with zero attached hydrogens (tertiary/aromatic N) is 1. The number of nitrogens with one attached hydrogen (secondary N) is 1. The smallest absolute Gasteiger partial charge is 0.126 e. The average Bonchev–Trinajstić information content (AvgIpc) is 2.31. The summed E-state index contributed by atoms with van der Waals surface area (Å²) in [7, 11) is 0. The standard InChI is InChI=1S/C14H24N2O/c1-4-5-8-17-14-6-7-15-10-13(14)11-16-9-12(2)3/h6-7,10,12,16H,4-5,8-9,11H2,1-3H3. The van der Waals surface area contributed by atoms with Gasteiger partial charge in [0.05, 0.1) is 6.61 Å². The van der Waals surface area contributed by atoms with E-state index >= 15 is 0 Å². The quantitative estimate of drug-likeness (QED) is 0.705. The third-order valence-electron chi connectivity index (χ3n) is 2.48. The molecule has 1 rings (SSSR count). The molecule has 0 radical (unpaired) electrons. The monoisotopic (exact) mass is 236 g/mol. The number of hydrogen-bond acceptors (Lipinski definition) is 3. The molecular formula is C14H24N2O. The van der Waals surface area contributed by atoms with Crippen molar-refractivity contribution in [2.45, 2.75) is 40.2 Å². The van der Waals surface area contributed by atoms with Crippen LogP contribution in [0, 0.1) is 5.92 Å². The van der Waals surface area contributed by atoms with E-state index in [-0.39, 0.29) is 0 Å². The van der Waals surface area contributed by atoms with Gasteiger partial charge in [-0.25, -0.2) is 0 Å². The lowest BCUT2D eigenvalue weighted by Crippen LogP contribution is -2.19. The van der Waals surface area contributed by atoms with Crippen molar-refractivity contribution in [1.29, 1.82) is 0 Å². The van der Waals surface area contributed by atoms with Crippen molar-refractivity contribution in [3.8, 4) is 5.75 Å². The van der Waals surface area contributed by atoms with Crippen molar-refractivity contribution in [3.05, 3.63) is 24.0 Å². The van der Waals surface area contributed by atoms with E-state index in [1.807, 2.05) is 12.3 Å². The molecule has 0 fully saturated rings. The first-order chi connectivity index (χ1) is 8.24. The highest BCUT2D eigenvalue weighted by atomic mass is 16.5. The first kappa shape index (κ1) is 14.0. The fourth-order valence-electron chi connectivity index (χ4n) is 1.51. The fraction of sp³-hybridized carbons (Fsp3) is 0.643. The van der Waals surface area contributed by atoms with Gasteiger partial charge in [0.2, 0.25) is 0 Å². The third-order valence-corrected chi connectivity index (χ3v) is 2.48. The van der Waals surface area contributed by atoms with Gasteiger partial charge in [-0.2, -0.15) is 0 Å². The summed E-state index contributed by atoms with van der Waals surface area (Å²) in [5.41, 5.74) is 1.14. The Morgan fingerprint density at radius 3 is 2.94 bits per heavy atom. The predicted octanol–water partition coefficient (Wildman–Crippen LogP) is 3.01. The van der Waals surface area contributed by atoms with E-state index in [1.54, 1.807) is 6.20 Å². The first-order valence-electron chi connectivity index (χ1n) is 6.50. The van der Waals surface area contributed by atoms with Crippen LogP contribution in [0.5, 0.6) is 5.75 Å². The Balaban J connectivity index is 2.46. The molecule has 0 aliphatic rings. The van der Waals surface area contributed by atoms with Crippen molar-refractivity contribution in [2.75, 3.05) is 13.2 Å². The molecule has 1 aromatic heterocycles. The second kappa shape index (κ2) is 8.07. The topological polar surface area (TPSA) is 34.1 Å². The van der Waals surface area contributed by atoms with Crippen LogP contribution in [0.1, 0.15) is 39.2 Å². The van der Waals surface area contributed by atoms with E-state index in [4.69, 9.17) is 4.74 Å². The van der Waals surface area contributed by atoms with Gasteiger partial charge < -0.3 is 10.1 Å². The summed E-state index contributed by atoms with van der Waals surface area (Å²) in [6.07, 6.45) is 5.93. The Labute approximate surface area is 105 Å². The summed E-state index contributed by atoms with van der Waals surface area (Å²) in [6.45, 7) is 9.21. The second-order valence-electron chi connectivity index (χ2n) is 4.71. The van der Waals surface area contributed by atoms with Crippen LogP contribution >= 0.6 is 0 Å². The SMILES string of the molecule is CCCCOc1ccncc1CNCC(C)C. The molecule has 0 aromatic carbocycles. The van der Waals surface area contributed by atoms with Gasteiger partial charge in [-0.15, -0.1) is 0 Å². The van der Waals surface area contributed by atoms with Crippen LogP contribution in [0.15, 0.2) is 18.5 Å². The summed E-state index contributed by atoms with van der Waals surface area (Å²) < 4.78 is 5.76. The van der Waals surface area contributed by atoms with E-state index in [0.29, 0.717) is 5.92 Å². The summed E-state index contributed by atoms with van der Waals surface area (Å²) in [4.78, 5) is 4.15. The van der Waals surface area contributed by atoms with Crippen LogP contribution in [0.25, 0.3) is 0 Å². The molecule has 1 aromatic rings. The van der Waals surface area contributed by atoms with Crippen molar-refractivity contribution in [1.82, 2.24) is 10.3 Å². The van der Waals surface area contributed by atoms with Crippen LogP contribution in [0.4, 0.5) is 0 Å². The minimum Gasteiger partial charge on any atom is -0.493 e. The van der Waals surface area contributed by atoms with Crippen molar-refractivity contribution in [2.24, 2.45) is 5.92 Å². The molecule has 0 aliphatic heterocycles. The minimum atomic E-state index is 0.663. The van der Waals surface area contributed by atoms with E-state index in [1.165, 1.54) is 0 Å². The van der Waals surface area contributed by atoms with Crippen LogP contribution in [0.2, 0.25) is 0 Å². The highest BCUT2D eigenvalue weighted by molar-refractivity contribution is 5.29. The third kappa shape index (κ3) is 5.68. The zero-order valence-corrected chi connectivity index (χ0v) is 11.2. The molecular weight excluding hydrogens is 212 g/mol. The number of hydrogen-bond donors (Lipinski definition) is 1. The van der Waals surface area contributed by atoms with E-state index in [2.05, 4.69) is 31.1 Å². The number of unbranched alkanes of at least 4 members (excludes halogenated alkanes) is 1. The molecule has 1 N–H and O–H groups in total. The molecule has 3 nitrogen and oxygen atoms in total. The van der Waals surface area contributed by atoms with Crippen LogP contribution in [0.3, 0.4) is 0 Å². The second-order valence-corrected chi connectivity index (χ2v) is 4.71. The Bertz CT molecular complexity index is 313. The molecule has 0 bridgehead atoms. The summed E-state index contributed by atoms with van der Waals surface area (Å²) in [5.74, 6) is 1.63. The maximum Gasteiger partial charge on any atom is 0.126 e. The first-order valence-corrected chi connectivity index (χ1v) is 6.50. The maximum absolute atomic E-state index is 5.76. The van der Waals surface area contributed by atoms with Gasteiger partial charge >= 0.3 is 0 Å². The summed E-state index contributed by atoms with van der Waals surface area (Å²) >= 11 is 0. The fourth-order valence-corrected chi connectivity index (χ4v) is 1.51. The highest BCUT2D eigenvalue weighted by Gasteiger charge is 2.03. The molecule has 0 saturated heterocycles. The number of ether oxygens (including phenoxy) is 1. The van der Waals surface area contributed by atoms with Gasteiger partial charge in [0.1, 0.15) is 5.75 Å². The molecule has 0 atom stereocenters. The molecule has 0 saturated carbocycles. The lowest BCUT2D eigenvalue weighted by molar-refractivity contribution is 0.305. The van der Waals surface area contributed by atoms with E-state index < -0.39 is 0 Å². The van der Waals surface area contributed by atoms with Gasteiger partial charge in [-0.05, 0) is 24.9 Å². The number of aromatic nitrogens is 1. The lowest BCUT2D eigenvalue weighted by atomic mass is 10.2. The number of rotatable bonds is 8. The molecule has 0 aliphatic carbocycles. The van der Waals surface area contributed by atoms with Crippen molar-refractivity contribution >= 4 is 0 Å². The average molecular weight is 236 g/mol. The van der Waals surface area contributed by atoms with Gasteiger partial charge in [-0.3, -0.25) is 4.98 Å². The molecule has 96 valence electrons. The van der Waals surface area contributed by atoms with Crippen LogP contribution in [-0.4, -0.2) is 18.1 Å². The molecule has 1 heterocycles. The molecule has 0 unspecified atom stereocenters. The zero-order valence-electron chi connectivity index (χ0n) is 11.2. The summed E-state index contributed by atoms with van der Waals surface area (Å²) in [6, 6.07) is 1.95. The zero-order chi connectivity index (χ0) is 12.5. The summed E-state index contributed by atoms with van der Waals surface area (Å²) in [5, 5.41) is 3.41. The van der Waals surface area contributed by atoms with E-state index in [9.17, 15) is 0 Å². The molecule has 0 spiro atoms. The Hall–Kier alpha value is -1.09. The Morgan fingerprint density at radius 1 is 1.41 bits per heavy atom. The lowest BCUT2D eigenvalue weighted by Gasteiger charge is -2.12. The minimum absolute atomic E-state index is 0.663. The van der Waals surface area contributed by atoms with Gasteiger partial charge in [0.25, 0.3) is 0 Å². The number of pyridine rings is 1. The van der Waals surface area contributed by atoms with Gasteiger partial charge in [-0.1, -0.05) is 27.2 Å². The largest absolute Gasteiger partial charge is 0.493 e. The van der Waals surface area contributed by atoms with E-state index in [0.717, 1.165) is 43.9 Å². The van der Waals surface area contributed by atoms with Crippen molar-refractivity contribution in [3.63, 3.8) is 0 Å². The predicted molar refractivity (Wildman–Crippen MR) is 71.2 cm³/mol. The Kier molecular flexibility index (Phi) is 6.63.